The summed E-state index contributed by atoms with van der Waals surface area (Å²) in [7, 11) is 0. The van der Waals surface area contributed by atoms with Crippen LogP contribution in [-0.2, 0) is 16.1 Å². The summed E-state index contributed by atoms with van der Waals surface area (Å²) in [5.41, 5.74) is 2.46. The number of carbonyl (C=O) groups is 2. The van der Waals surface area contributed by atoms with E-state index in [1.807, 2.05) is 31.2 Å². The molecule has 0 bridgehead atoms. The third-order valence-electron chi connectivity index (χ3n) is 4.29. The minimum atomic E-state index is -0.396. The molecule has 1 N–H and O–H groups in total. The normalized spacial score (nSPS) is 17.0. The molecule has 0 aliphatic carbocycles. The SMILES string of the molecule is Cc1ccc(NC(=O)[C@@H]2CC(=O)N(Cc3ccccc3Cl)C2)c(Cl)c1. The number of likely N-dealkylation sites (tertiary alicyclic amines) is 1. The molecule has 4 nitrogen and oxygen atoms in total. The molecular formula is C19H18Cl2N2O2. The second-order valence-corrected chi connectivity index (χ2v) is 7.05. The average Bonchev–Trinajstić information content (AvgIpc) is 2.93. The first kappa shape index (κ1) is 17.8. The molecule has 0 unspecified atom stereocenters. The number of benzene rings is 2. The molecule has 2 aromatic carbocycles. The van der Waals surface area contributed by atoms with Gasteiger partial charge in [0.1, 0.15) is 0 Å². The van der Waals surface area contributed by atoms with Gasteiger partial charge >= 0.3 is 0 Å². The van der Waals surface area contributed by atoms with Crippen molar-refractivity contribution >= 4 is 40.7 Å². The van der Waals surface area contributed by atoms with Crippen molar-refractivity contribution < 1.29 is 9.59 Å². The molecule has 1 heterocycles. The van der Waals surface area contributed by atoms with Gasteiger partial charge in [0.05, 0.1) is 16.6 Å². The molecular weight excluding hydrogens is 359 g/mol. The monoisotopic (exact) mass is 376 g/mol. The molecule has 2 aromatic rings. The number of amides is 2. The Kier molecular flexibility index (Phi) is 5.30. The van der Waals surface area contributed by atoms with E-state index >= 15 is 0 Å². The Hall–Kier alpha value is -2.04. The van der Waals surface area contributed by atoms with Gasteiger partial charge in [-0.25, -0.2) is 0 Å². The van der Waals surface area contributed by atoms with E-state index in [2.05, 4.69) is 5.32 Å². The summed E-state index contributed by atoms with van der Waals surface area (Å²) in [6.45, 7) is 2.71. The number of rotatable bonds is 4. The lowest BCUT2D eigenvalue weighted by Gasteiger charge is -2.17. The van der Waals surface area contributed by atoms with Crippen molar-refractivity contribution in [1.29, 1.82) is 0 Å². The topological polar surface area (TPSA) is 49.4 Å². The highest BCUT2D eigenvalue weighted by atomic mass is 35.5. The van der Waals surface area contributed by atoms with Gasteiger partial charge in [-0.15, -0.1) is 0 Å². The molecule has 25 heavy (non-hydrogen) atoms. The number of hydrogen-bond donors (Lipinski definition) is 1. The molecule has 0 radical (unpaired) electrons. The molecule has 0 aromatic heterocycles. The Bertz CT molecular complexity index is 823. The number of nitrogens with one attached hydrogen (secondary N) is 1. The van der Waals surface area contributed by atoms with Gasteiger partial charge in [0.2, 0.25) is 11.8 Å². The zero-order chi connectivity index (χ0) is 18.0. The van der Waals surface area contributed by atoms with Crippen molar-refractivity contribution in [2.24, 2.45) is 5.92 Å². The fourth-order valence-electron chi connectivity index (χ4n) is 2.89. The van der Waals surface area contributed by atoms with Crippen molar-refractivity contribution in [3.63, 3.8) is 0 Å². The summed E-state index contributed by atoms with van der Waals surface area (Å²) in [6, 6.07) is 12.8. The van der Waals surface area contributed by atoms with Gasteiger partial charge < -0.3 is 10.2 Å². The molecule has 0 spiro atoms. The molecule has 0 saturated carbocycles. The number of hydrogen-bond acceptors (Lipinski definition) is 2. The number of anilines is 1. The molecule has 1 saturated heterocycles. The van der Waals surface area contributed by atoms with Crippen LogP contribution in [-0.4, -0.2) is 23.3 Å². The highest BCUT2D eigenvalue weighted by molar-refractivity contribution is 6.33. The Morgan fingerprint density at radius 3 is 2.68 bits per heavy atom. The quantitative estimate of drug-likeness (QED) is 0.864. The standard InChI is InChI=1S/C19H18Cl2N2O2/c1-12-6-7-17(16(21)8-12)22-19(25)14-9-18(24)23(11-14)10-13-4-2-3-5-15(13)20/h2-8,14H,9-11H2,1H3,(H,22,25)/t14-/m1/s1. The van der Waals surface area contributed by atoms with E-state index in [-0.39, 0.29) is 18.2 Å². The van der Waals surface area contributed by atoms with Crippen molar-refractivity contribution in [2.75, 3.05) is 11.9 Å². The Balaban J connectivity index is 1.65. The molecule has 2 amide bonds. The molecule has 1 atom stereocenters. The molecule has 1 fully saturated rings. The van der Waals surface area contributed by atoms with E-state index in [9.17, 15) is 9.59 Å². The molecule has 1 aliphatic heterocycles. The minimum absolute atomic E-state index is 0.0462. The van der Waals surface area contributed by atoms with Crippen LogP contribution in [0.3, 0.4) is 0 Å². The fraction of sp³-hybridized carbons (Fsp3) is 0.263. The lowest BCUT2D eigenvalue weighted by Crippen LogP contribution is -2.28. The first-order chi connectivity index (χ1) is 11.9. The number of aryl methyl sites for hydroxylation is 1. The predicted octanol–water partition coefficient (Wildman–Crippen LogP) is 4.29. The molecule has 130 valence electrons. The maximum atomic E-state index is 12.5. The third-order valence-corrected chi connectivity index (χ3v) is 4.97. The first-order valence-corrected chi connectivity index (χ1v) is 8.78. The van der Waals surface area contributed by atoms with Crippen LogP contribution in [0.15, 0.2) is 42.5 Å². The highest BCUT2D eigenvalue weighted by Gasteiger charge is 2.34. The molecule has 1 aliphatic rings. The third kappa shape index (κ3) is 4.14. The Labute approximate surface area is 156 Å². The zero-order valence-electron chi connectivity index (χ0n) is 13.8. The van der Waals surface area contributed by atoms with Gasteiger partial charge in [-0.05, 0) is 36.2 Å². The van der Waals surface area contributed by atoms with Crippen LogP contribution in [0.4, 0.5) is 5.69 Å². The molecule has 6 heteroatoms. The van der Waals surface area contributed by atoms with Gasteiger partial charge in [0.15, 0.2) is 0 Å². The van der Waals surface area contributed by atoms with Crippen LogP contribution in [0.1, 0.15) is 17.5 Å². The van der Waals surface area contributed by atoms with Crippen LogP contribution >= 0.6 is 23.2 Å². The second-order valence-electron chi connectivity index (χ2n) is 6.24. The predicted molar refractivity (Wildman–Crippen MR) is 99.8 cm³/mol. The van der Waals surface area contributed by atoms with Crippen LogP contribution < -0.4 is 5.32 Å². The highest BCUT2D eigenvalue weighted by Crippen LogP contribution is 2.27. The molecule has 3 rings (SSSR count). The van der Waals surface area contributed by atoms with Gasteiger partial charge in [0.25, 0.3) is 0 Å². The smallest absolute Gasteiger partial charge is 0.229 e. The van der Waals surface area contributed by atoms with Crippen LogP contribution in [0.2, 0.25) is 10.0 Å². The number of halogens is 2. The van der Waals surface area contributed by atoms with Crippen molar-refractivity contribution in [2.45, 2.75) is 19.9 Å². The summed E-state index contributed by atoms with van der Waals surface area (Å²) in [4.78, 5) is 26.4. The maximum absolute atomic E-state index is 12.5. The summed E-state index contributed by atoms with van der Waals surface area (Å²) in [5, 5.41) is 3.93. The van der Waals surface area contributed by atoms with Gasteiger partial charge in [0, 0.05) is 24.5 Å². The maximum Gasteiger partial charge on any atom is 0.229 e. The van der Waals surface area contributed by atoms with Gasteiger partial charge in [-0.3, -0.25) is 9.59 Å². The number of carbonyl (C=O) groups excluding carboxylic acids is 2. The van der Waals surface area contributed by atoms with E-state index in [0.717, 1.165) is 11.1 Å². The summed E-state index contributed by atoms with van der Waals surface area (Å²) in [5.74, 6) is -0.636. The van der Waals surface area contributed by atoms with Crippen LogP contribution in [0, 0.1) is 12.8 Å². The summed E-state index contributed by atoms with van der Waals surface area (Å²) >= 11 is 12.3. The van der Waals surface area contributed by atoms with E-state index in [0.29, 0.717) is 28.8 Å². The van der Waals surface area contributed by atoms with Crippen LogP contribution in [0.25, 0.3) is 0 Å². The van der Waals surface area contributed by atoms with Crippen molar-refractivity contribution in [1.82, 2.24) is 4.90 Å². The van der Waals surface area contributed by atoms with E-state index in [1.165, 1.54) is 0 Å². The van der Waals surface area contributed by atoms with Crippen molar-refractivity contribution in [3.8, 4) is 0 Å². The van der Waals surface area contributed by atoms with Crippen molar-refractivity contribution in [3.05, 3.63) is 63.6 Å². The average molecular weight is 377 g/mol. The van der Waals surface area contributed by atoms with E-state index in [1.54, 1.807) is 23.1 Å². The minimum Gasteiger partial charge on any atom is -0.337 e. The summed E-state index contributed by atoms with van der Waals surface area (Å²) in [6.07, 6.45) is 0.194. The largest absolute Gasteiger partial charge is 0.337 e. The van der Waals surface area contributed by atoms with Gasteiger partial charge in [-0.1, -0.05) is 47.5 Å². The van der Waals surface area contributed by atoms with E-state index < -0.39 is 5.92 Å². The lowest BCUT2D eigenvalue weighted by atomic mass is 10.1. The lowest BCUT2D eigenvalue weighted by molar-refractivity contribution is -0.128. The second kappa shape index (κ2) is 7.46. The number of nitrogens with zero attached hydrogens (tertiary/aromatic N) is 1. The first-order valence-electron chi connectivity index (χ1n) is 8.02. The van der Waals surface area contributed by atoms with Crippen LogP contribution in [0.5, 0.6) is 0 Å². The van der Waals surface area contributed by atoms with E-state index in [4.69, 9.17) is 23.2 Å². The summed E-state index contributed by atoms with van der Waals surface area (Å²) < 4.78 is 0. The fourth-order valence-corrected chi connectivity index (χ4v) is 3.37. The van der Waals surface area contributed by atoms with Gasteiger partial charge in [-0.2, -0.15) is 0 Å². The zero-order valence-corrected chi connectivity index (χ0v) is 15.3. The Morgan fingerprint density at radius 1 is 1.20 bits per heavy atom. The Morgan fingerprint density at radius 2 is 1.96 bits per heavy atom.